The highest BCUT2D eigenvalue weighted by atomic mass is 16.6. The Kier molecular flexibility index (Phi) is 3.06. The van der Waals surface area contributed by atoms with E-state index in [1.807, 2.05) is 0 Å². The van der Waals surface area contributed by atoms with Crippen molar-refractivity contribution < 1.29 is 14.6 Å². The first-order chi connectivity index (χ1) is 9.04. The normalized spacial score (nSPS) is 10.2. The molecule has 0 spiro atoms. The molecule has 0 unspecified atom stereocenters. The highest BCUT2D eigenvalue weighted by Crippen LogP contribution is 2.38. The molecule has 2 rings (SSSR count). The van der Waals surface area contributed by atoms with Crippen LogP contribution in [0.25, 0.3) is 5.69 Å². The van der Waals surface area contributed by atoms with E-state index in [2.05, 4.69) is 10.3 Å². The molecule has 0 saturated carbocycles. The van der Waals surface area contributed by atoms with Crippen LogP contribution in [-0.2, 0) is 0 Å². The molecule has 0 atom stereocenters. The van der Waals surface area contributed by atoms with Crippen molar-refractivity contribution in [1.29, 1.82) is 0 Å². The first-order valence-corrected chi connectivity index (χ1v) is 4.92. The van der Waals surface area contributed by atoms with Crippen LogP contribution < -0.4 is 4.74 Å². The number of rotatable bonds is 4. The van der Waals surface area contributed by atoms with Crippen LogP contribution in [0.4, 0.5) is 11.4 Å². The molecule has 0 aliphatic rings. The van der Waals surface area contributed by atoms with Gasteiger partial charge in [0, 0.05) is 12.1 Å². The summed E-state index contributed by atoms with van der Waals surface area (Å²) >= 11 is 0. The Morgan fingerprint density at radius 3 is 2.16 bits per heavy atom. The minimum atomic E-state index is -0.758. The van der Waals surface area contributed by atoms with Gasteiger partial charge < -0.3 is 4.74 Å². The van der Waals surface area contributed by atoms with Crippen LogP contribution in [0.15, 0.2) is 24.5 Å². The number of aromatic nitrogens is 3. The second-order valence-corrected chi connectivity index (χ2v) is 3.38. The van der Waals surface area contributed by atoms with E-state index >= 15 is 0 Å². The van der Waals surface area contributed by atoms with E-state index in [0.29, 0.717) is 0 Å². The summed E-state index contributed by atoms with van der Waals surface area (Å²) in [6.45, 7) is 0. The third kappa shape index (κ3) is 2.18. The number of nitro groups is 2. The van der Waals surface area contributed by atoms with Crippen molar-refractivity contribution in [3.05, 3.63) is 44.8 Å². The quantitative estimate of drug-likeness (QED) is 0.598. The molecule has 0 radical (unpaired) electrons. The van der Waals surface area contributed by atoms with Crippen LogP contribution in [0.5, 0.6) is 5.75 Å². The van der Waals surface area contributed by atoms with Crippen LogP contribution >= 0.6 is 0 Å². The summed E-state index contributed by atoms with van der Waals surface area (Å²) in [6.07, 6.45) is 2.76. The number of nitro benzene ring substituents is 2. The summed E-state index contributed by atoms with van der Waals surface area (Å²) in [5.41, 5.74) is -0.874. The van der Waals surface area contributed by atoms with Crippen LogP contribution in [0.3, 0.4) is 0 Å². The van der Waals surface area contributed by atoms with E-state index in [1.165, 1.54) is 17.1 Å². The Hall–Kier alpha value is -3.04. The molecule has 0 aliphatic carbocycles. The van der Waals surface area contributed by atoms with Gasteiger partial charge in [0.25, 0.3) is 5.75 Å². The zero-order valence-electron chi connectivity index (χ0n) is 9.59. The van der Waals surface area contributed by atoms with Crippen LogP contribution in [-0.4, -0.2) is 32.0 Å². The van der Waals surface area contributed by atoms with E-state index in [1.54, 1.807) is 0 Å². The zero-order valence-corrected chi connectivity index (χ0v) is 9.59. The maximum atomic E-state index is 10.9. The number of hydrogen-bond donors (Lipinski definition) is 0. The standard InChI is InChI=1S/C9H7N5O5/c1-19-9-7(13(15)16)4-6(5-8(9)14(17)18)12-3-2-10-11-12/h2-5H,1H3. The lowest BCUT2D eigenvalue weighted by Gasteiger charge is -2.05. The van der Waals surface area contributed by atoms with Gasteiger partial charge in [-0.3, -0.25) is 20.2 Å². The summed E-state index contributed by atoms with van der Waals surface area (Å²) < 4.78 is 5.92. The van der Waals surface area contributed by atoms with Crippen molar-refractivity contribution in [2.24, 2.45) is 0 Å². The maximum absolute atomic E-state index is 10.9. The largest absolute Gasteiger partial charge is 0.485 e. The molecule has 0 N–H and O–H groups in total. The molecule has 1 heterocycles. The van der Waals surface area contributed by atoms with Crippen LogP contribution in [0.2, 0.25) is 0 Å². The van der Waals surface area contributed by atoms with Gasteiger partial charge in [-0.15, -0.1) is 5.10 Å². The number of nitrogens with zero attached hydrogens (tertiary/aromatic N) is 5. The molecule has 0 fully saturated rings. The van der Waals surface area contributed by atoms with Crippen molar-refractivity contribution in [3.63, 3.8) is 0 Å². The summed E-state index contributed by atoms with van der Waals surface area (Å²) in [4.78, 5) is 20.4. The van der Waals surface area contributed by atoms with E-state index < -0.39 is 27.0 Å². The molecule has 0 bridgehead atoms. The van der Waals surface area contributed by atoms with Gasteiger partial charge in [0.2, 0.25) is 0 Å². The third-order valence-electron chi connectivity index (χ3n) is 2.32. The van der Waals surface area contributed by atoms with Crippen molar-refractivity contribution in [1.82, 2.24) is 15.0 Å². The predicted octanol–water partition coefficient (Wildman–Crippen LogP) is 1.09. The highest BCUT2D eigenvalue weighted by Gasteiger charge is 2.28. The summed E-state index contributed by atoms with van der Waals surface area (Å²) in [5.74, 6) is -0.404. The molecular weight excluding hydrogens is 258 g/mol. The molecule has 98 valence electrons. The maximum Gasteiger partial charge on any atom is 0.320 e. The zero-order chi connectivity index (χ0) is 14.0. The SMILES string of the molecule is COc1c([N+](=O)[O-])cc(-n2ccnn2)cc1[N+](=O)[O-]. The molecule has 0 amide bonds. The Morgan fingerprint density at radius 1 is 1.21 bits per heavy atom. The summed E-state index contributed by atoms with van der Waals surface area (Å²) in [5, 5.41) is 29.0. The fourth-order valence-electron chi connectivity index (χ4n) is 1.54. The Morgan fingerprint density at radius 2 is 1.79 bits per heavy atom. The molecule has 10 nitrogen and oxygen atoms in total. The lowest BCUT2D eigenvalue weighted by molar-refractivity contribution is -0.395. The second-order valence-electron chi connectivity index (χ2n) is 3.38. The highest BCUT2D eigenvalue weighted by molar-refractivity contribution is 5.65. The molecule has 1 aromatic heterocycles. The predicted molar refractivity (Wildman–Crippen MR) is 61.2 cm³/mol. The van der Waals surface area contributed by atoms with Crippen LogP contribution in [0, 0.1) is 20.2 Å². The van der Waals surface area contributed by atoms with Gasteiger partial charge >= 0.3 is 11.4 Å². The lowest BCUT2D eigenvalue weighted by atomic mass is 10.2. The van der Waals surface area contributed by atoms with E-state index in [0.717, 1.165) is 19.2 Å². The van der Waals surface area contributed by atoms with Crippen molar-refractivity contribution >= 4 is 11.4 Å². The Balaban J connectivity index is 2.72. The number of hydrogen-bond acceptors (Lipinski definition) is 7. The van der Waals surface area contributed by atoms with Crippen molar-refractivity contribution in [2.45, 2.75) is 0 Å². The fraction of sp³-hybridized carbons (Fsp3) is 0.111. The van der Waals surface area contributed by atoms with Gasteiger partial charge in [-0.2, -0.15) is 0 Å². The lowest BCUT2D eigenvalue weighted by Crippen LogP contribution is -2.03. The van der Waals surface area contributed by atoms with Crippen molar-refractivity contribution in [2.75, 3.05) is 7.11 Å². The van der Waals surface area contributed by atoms with Crippen molar-refractivity contribution in [3.8, 4) is 11.4 Å². The minimum absolute atomic E-state index is 0.150. The summed E-state index contributed by atoms with van der Waals surface area (Å²) in [6, 6.07) is 2.25. The third-order valence-corrected chi connectivity index (χ3v) is 2.32. The van der Waals surface area contributed by atoms with Gasteiger partial charge in [-0.25, -0.2) is 4.68 Å². The fourth-order valence-corrected chi connectivity index (χ4v) is 1.54. The minimum Gasteiger partial charge on any atom is -0.485 e. The van der Waals surface area contributed by atoms with Gasteiger partial charge in [0.15, 0.2) is 0 Å². The number of methoxy groups -OCH3 is 1. The molecule has 19 heavy (non-hydrogen) atoms. The van der Waals surface area contributed by atoms with Gasteiger partial charge in [0.05, 0.1) is 35.0 Å². The van der Waals surface area contributed by atoms with E-state index in [9.17, 15) is 20.2 Å². The first-order valence-electron chi connectivity index (χ1n) is 4.92. The topological polar surface area (TPSA) is 126 Å². The average Bonchev–Trinajstić information content (AvgIpc) is 2.90. The first kappa shape index (κ1) is 12.4. The second kappa shape index (κ2) is 4.68. The van der Waals surface area contributed by atoms with E-state index in [4.69, 9.17) is 4.74 Å². The number of benzene rings is 1. The molecule has 10 heteroatoms. The van der Waals surface area contributed by atoms with Crippen LogP contribution in [0.1, 0.15) is 0 Å². The van der Waals surface area contributed by atoms with Gasteiger partial charge in [-0.1, -0.05) is 5.21 Å². The molecule has 0 saturated heterocycles. The number of ether oxygens (including phenoxy) is 1. The molecule has 0 aliphatic heterocycles. The Bertz CT molecular complexity index is 603. The monoisotopic (exact) mass is 265 g/mol. The van der Waals surface area contributed by atoms with Gasteiger partial charge in [-0.05, 0) is 0 Å². The Labute approximate surface area is 105 Å². The molecule has 1 aromatic carbocycles. The summed E-state index contributed by atoms with van der Waals surface area (Å²) in [7, 11) is 1.13. The average molecular weight is 265 g/mol. The molecule has 2 aromatic rings. The van der Waals surface area contributed by atoms with E-state index in [-0.39, 0.29) is 5.69 Å². The van der Waals surface area contributed by atoms with Gasteiger partial charge in [0.1, 0.15) is 0 Å². The smallest absolute Gasteiger partial charge is 0.320 e. The molecular formula is C9H7N5O5.